The van der Waals surface area contributed by atoms with Gasteiger partial charge in [0.15, 0.2) is 0 Å². The number of para-hydroxylation sites is 1. The quantitative estimate of drug-likeness (QED) is 0.812. The lowest BCUT2D eigenvalue weighted by atomic mass is 9.98. The van der Waals surface area contributed by atoms with Crippen molar-refractivity contribution in [3.8, 4) is 5.75 Å². The molecule has 4 nitrogen and oxygen atoms in total. The second-order valence-corrected chi connectivity index (χ2v) is 4.86. The summed E-state index contributed by atoms with van der Waals surface area (Å²) in [6, 6.07) is 7.78. The second-order valence-electron chi connectivity index (χ2n) is 4.86. The average molecular weight is 249 g/mol. The van der Waals surface area contributed by atoms with Crippen molar-refractivity contribution in [1.29, 1.82) is 0 Å². The number of rotatable bonds is 1. The lowest BCUT2D eigenvalue weighted by Crippen LogP contribution is -2.46. The number of nitrogens with zero attached hydrogens (tertiary/aromatic N) is 1. The van der Waals surface area contributed by atoms with Gasteiger partial charge in [0.1, 0.15) is 18.5 Å². The molecule has 2 aliphatic heterocycles. The Kier molecular flexibility index (Phi) is 3.50. The van der Waals surface area contributed by atoms with Gasteiger partial charge in [-0.3, -0.25) is 4.90 Å². The number of ether oxygens (including phenoxy) is 2. The minimum atomic E-state index is -0.465. The highest BCUT2D eigenvalue weighted by Gasteiger charge is 2.33. The summed E-state index contributed by atoms with van der Waals surface area (Å²) in [5, 5.41) is 10.5. The molecule has 4 heteroatoms. The van der Waals surface area contributed by atoms with Gasteiger partial charge in [-0.2, -0.15) is 0 Å². The number of aliphatic hydroxyl groups is 1. The maximum atomic E-state index is 10.5. The lowest BCUT2D eigenvalue weighted by Gasteiger charge is -2.37. The molecule has 1 saturated heterocycles. The van der Waals surface area contributed by atoms with E-state index in [-0.39, 0.29) is 6.04 Å². The number of hydrogen-bond acceptors (Lipinski definition) is 4. The summed E-state index contributed by atoms with van der Waals surface area (Å²) >= 11 is 0. The van der Waals surface area contributed by atoms with Crippen LogP contribution in [0.2, 0.25) is 0 Å². The molecule has 0 spiro atoms. The Morgan fingerprint density at radius 3 is 3.00 bits per heavy atom. The summed E-state index contributed by atoms with van der Waals surface area (Å²) in [7, 11) is 0. The van der Waals surface area contributed by atoms with Gasteiger partial charge < -0.3 is 14.6 Å². The molecule has 0 bridgehead atoms. The predicted octanol–water partition coefficient (Wildman–Crippen LogP) is 1.20. The molecular formula is C14H19NO3. The highest BCUT2D eigenvalue weighted by molar-refractivity contribution is 5.37. The molecule has 0 saturated carbocycles. The Hall–Kier alpha value is -1.10. The van der Waals surface area contributed by atoms with Gasteiger partial charge >= 0.3 is 0 Å². The van der Waals surface area contributed by atoms with E-state index in [9.17, 15) is 5.11 Å². The van der Waals surface area contributed by atoms with Crippen molar-refractivity contribution in [3.05, 3.63) is 29.8 Å². The molecule has 0 amide bonds. The van der Waals surface area contributed by atoms with E-state index >= 15 is 0 Å². The molecule has 1 aromatic rings. The van der Waals surface area contributed by atoms with Crippen LogP contribution in [0, 0.1) is 0 Å². The van der Waals surface area contributed by atoms with Gasteiger partial charge in [-0.15, -0.1) is 0 Å². The van der Waals surface area contributed by atoms with Gasteiger partial charge in [-0.1, -0.05) is 18.2 Å². The molecule has 1 N–H and O–H groups in total. The first-order valence-corrected chi connectivity index (χ1v) is 6.58. The van der Waals surface area contributed by atoms with Crippen LogP contribution in [-0.2, 0) is 4.74 Å². The van der Waals surface area contributed by atoms with Gasteiger partial charge in [0.05, 0.1) is 12.6 Å². The van der Waals surface area contributed by atoms with Crippen LogP contribution in [-0.4, -0.2) is 49.0 Å². The molecule has 0 radical (unpaired) electrons. The molecule has 1 fully saturated rings. The largest absolute Gasteiger partial charge is 0.491 e. The Morgan fingerprint density at radius 1 is 1.17 bits per heavy atom. The summed E-state index contributed by atoms with van der Waals surface area (Å²) in [6.07, 6.45) is 0.554. The zero-order valence-electron chi connectivity index (χ0n) is 10.4. The Balaban J connectivity index is 1.78. The van der Waals surface area contributed by atoms with Crippen molar-refractivity contribution in [3.63, 3.8) is 0 Å². The van der Waals surface area contributed by atoms with Crippen molar-refractivity contribution in [2.24, 2.45) is 0 Å². The summed E-state index contributed by atoms with van der Waals surface area (Å²) in [6.45, 7) is 3.94. The monoisotopic (exact) mass is 249 g/mol. The highest BCUT2D eigenvalue weighted by atomic mass is 16.5. The Labute approximate surface area is 107 Å². The van der Waals surface area contributed by atoms with E-state index in [0.717, 1.165) is 44.0 Å². The van der Waals surface area contributed by atoms with Crippen LogP contribution in [0.25, 0.3) is 0 Å². The van der Waals surface area contributed by atoms with Crippen LogP contribution in [0.1, 0.15) is 18.1 Å². The van der Waals surface area contributed by atoms with Crippen molar-refractivity contribution >= 4 is 0 Å². The van der Waals surface area contributed by atoms with Crippen molar-refractivity contribution in [2.75, 3.05) is 32.9 Å². The maximum absolute atomic E-state index is 10.5. The Bertz CT molecular complexity index is 402. The van der Waals surface area contributed by atoms with E-state index in [2.05, 4.69) is 4.90 Å². The minimum absolute atomic E-state index is 0.0431. The van der Waals surface area contributed by atoms with Crippen molar-refractivity contribution in [1.82, 2.24) is 4.90 Å². The van der Waals surface area contributed by atoms with E-state index in [1.165, 1.54) is 0 Å². The van der Waals surface area contributed by atoms with E-state index in [4.69, 9.17) is 9.47 Å². The molecule has 2 atom stereocenters. The smallest absolute Gasteiger partial charge is 0.125 e. The van der Waals surface area contributed by atoms with E-state index in [1.54, 1.807) is 0 Å². The first kappa shape index (κ1) is 12.0. The molecule has 0 aliphatic carbocycles. The Morgan fingerprint density at radius 2 is 2.06 bits per heavy atom. The maximum Gasteiger partial charge on any atom is 0.125 e. The molecular weight excluding hydrogens is 230 g/mol. The third kappa shape index (κ3) is 2.23. The molecule has 3 rings (SSSR count). The molecule has 1 aromatic carbocycles. The van der Waals surface area contributed by atoms with Gasteiger partial charge in [-0.05, 0) is 12.5 Å². The zero-order chi connectivity index (χ0) is 12.4. The normalized spacial score (nSPS) is 29.2. The molecule has 2 heterocycles. The summed E-state index contributed by atoms with van der Waals surface area (Å²) in [4.78, 5) is 2.29. The first-order valence-electron chi connectivity index (χ1n) is 6.58. The number of hydrogen-bond donors (Lipinski definition) is 1. The predicted molar refractivity (Wildman–Crippen MR) is 67.7 cm³/mol. The van der Waals surface area contributed by atoms with Crippen LogP contribution in [0.5, 0.6) is 5.75 Å². The van der Waals surface area contributed by atoms with Crippen LogP contribution in [0.3, 0.4) is 0 Å². The molecule has 2 unspecified atom stereocenters. The van der Waals surface area contributed by atoms with E-state index in [0.29, 0.717) is 6.61 Å². The topological polar surface area (TPSA) is 41.9 Å². The van der Waals surface area contributed by atoms with Gasteiger partial charge in [-0.25, -0.2) is 0 Å². The van der Waals surface area contributed by atoms with Crippen LogP contribution in [0.15, 0.2) is 24.3 Å². The van der Waals surface area contributed by atoms with Crippen LogP contribution < -0.4 is 4.74 Å². The summed E-state index contributed by atoms with van der Waals surface area (Å²) < 4.78 is 11.2. The lowest BCUT2D eigenvalue weighted by molar-refractivity contribution is 0.00260. The fourth-order valence-electron chi connectivity index (χ4n) is 2.73. The van der Waals surface area contributed by atoms with Gasteiger partial charge in [0.2, 0.25) is 0 Å². The molecule has 18 heavy (non-hydrogen) atoms. The van der Waals surface area contributed by atoms with Crippen LogP contribution >= 0.6 is 0 Å². The zero-order valence-corrected chi connectivity index (χ0v) is 10.4. The summed E-state index contributed by atoms with van der Waals surface area (Å²) in [5.74, 6) is 0.812. The SMILES string of the molecule is OC1c2ccccc2OCC1N1CCCOCC1. The number of aliphatic hydroxyl groups excluding tert-OH is 1. The number of benzene rings is 1. The van der Waals surface area contributed by atoms with Crippen molar-refractivity contribution < 1.29 is 14.6 Å². The van der Waals surface area contributed by atoms with E-state index < -0.39 is 6.10 Å². The van der Waals surface area contributed by atoms with Gasteiger partial charge in [0.25, 0.3) is 0 Å². The summed E-state index contributed by atoms with van der Waals surface area (Å²) in [5.41, 5.74) is 0.902. The number of fused-ring (bicyclic) bond motifs is 1. The molecule has 2 aliphatic rings. The van der Waals surface area contributed by atoms with E-state index in [1.807, 2.05) is 24.3 Å². The second kappa shape index (κ2) is 5.26. The fourth-order valence-corrected chi connectivity index (χ4v) is 2.73. The fraction of sp³-hybridized carbons (Fsp3) is 0.571. The highest BCUT2D eigenvalue weighted by Crippen LogP contribution is 2.34. The molecule has 98 valence electrons. The first-order chi connectivity index (χ1) is 8.86. The third-order valence-corrected chi connectivity index (χ3v) is 3.74. The minimum Gasteiger partial charge on any atom is -0.491 e. The standard InChI is InChI=1S/C14H19NO3/c16-14-11-4-1-2-5-13(11)18-10-12(14)15-6-3-8-17-9-7-15/h1-2,4-5,12,14,16H,3,6-10H2. The van der Waals surface area contributed by atoms with Crippen molar-refractivity contribution in [2.45, 2.75) is 18.6 Å². The van der Waals surface area contributed by atoms with Crippen LogP contribution in [0.4, 0.5) is 0 Å². The average Bonchev–Trinajstić information content (AvgIpc) is 2.68. The van der Waals surface area contributed by atoms with Gasteiger partial charge in [0, 0.05) is 25.3 Å². The third-order valence-electron chi connectivity index (χ3n) is 3.74. The molecule has 0 aromatic heterocycles.